The lowest BCUT2D eigenvalue weighted by molar-refractivity contribution is 0.665. The molecular weight excluding hydrogens is 342 g/mol. The zero-order valence-electron chi connectivity index (χ0n) is 17.9. The number of aryl methyl sites for hydroxylation is 1. The average molecular weight is 378 g/mol. The fraction of sp³-hybridized carbons (Fsp3) is 0.440. The Labute approximate surface area is 170 Å². The third-order valence-corrected chi connectivity index (χ3v) is 5.22. The van der Waals surface area contributed by atoms with Crippen LogP contribution in [0.1, 0.15) is 81.0 Å². The van der Waals surface area contributed by atoms with Crippen LogP contribution in [-0.4, -0.2) is 18.7 Å². The molecule has 0 saturated heterocycles. The minimum absolute atomic E-state index is 0.502. The van der Waals surface area contributed by atoms with Crippen molar-refractivity contribution in [1.82, 2.24) is 0 Å². The first kappa shape index (κ1) is 21.9. The van der Waals surface area contributed by atoms with Gasteiger partial charge in [0.25, 0.3) is 0 Å². The summed E-state index contributed by atoms with van der Waals surface area (Å²) in [6.07, 6.45) is 7.28. The predicted molar refractivity (Wildman–Crippen MR) is 123 cm³/mol. The van der Waals surface area contributed by atoms with Gasteiger partial charge in [-0.15, -0.1) is 0 Å². The minimum Gasteiger partial charge on any atom is -0.383 e. The number of nitrogens with zero attached hydrogens (tertiary/aromatic N) is 2. The SMILES string of the molecule is CCCCCc1ccc(C(N=C(N)c2ccc(C(C)CCC)cc2)=NC)cc1. The lowest BCUT2D eigenvalue weighted by atomic mass is 9.95. The summed E-state index contributed by atoms with van der Waals surface area (Å²) < 4.78 is 0. The molecule has 0 aromatic heterocycles. The van der Waals surface area contributed by atoms with E-state index in [0.717, 1.165) is 17.5 Å². The third kappa shape index (κ3) is 6.33. The van der Waals surface area contributed by atoms with Gasteiger partial charge in [0, 0.05) is 18.2 Å². The van der Waals surface area contributed by atoms with Crippen molar-refractivity contribution in [3.63, 3.8) is 0 Å². The van der Waals surface area contributed by atoms with Crippen LogP contribution in [0.15, 0.2) is 58.5 Å². The van der Waals surface area contributed by atoms with E-state index in [0.29, 0.717) is 17.6 Å². The molecule has 2 rings (SSSR count). The molecule has 3 heteroatoms. The lowest BCUT2D eigenvalue weighted by Crippen LogP contribution is -2.16. The summed E-state index contributed by atoms with van der Waals surface area (Å²) >= 11 is 0. The fourth-order valence-electron chi connectivity index (χ4n) is 3.40. The second-order valence-electron chi connectivity index (χ2n) is 7.51. The van der Waals surface area contributed by atoms with Crippen LogP contribution in [0, 0.1) is 0 Å². The maximum atomic E-state index is 6.27. The normalized spacial score (nSPS) is 13.6. The van der Waals surface area contributed by atoms with Gasteiger partial charge in [-0.05, 0) is 36.3 Å². The zero-order chi connectivity index (χ0) is 20.4. The lowest BCUT2D eigenvalue weighted by Gasteiger charge is -2.11. The van der Waals surface area contributed by atoms with E-state index >= 15 is 0 Å². The summed E-state index contributed by atoms with van der Waals surface area (Å²) in [5.74, 6) is 1.74. The van der Waals surface area contributed by atoms with Crippen LogP contribution in [0.25, 0.3) is 0 Å². The van der Waals surface area contributed by atoms with Crippen molar-refractivity contribution in [3.05, 3.63) is 70.8 Å². The molecule has 0 spiro atoms. The van der Waals surface area contributed by atoms with Crippen molar-refractivity contribution >= 4 is 11.7 Å². The summed E-state index contributed by atoms with van der Waals surface area (Å²) in [4.78, 5) is 8.94. The first-order valence-electron chi connectivity index (χ1n) is 10.6. The van der Waals surface area contributed by atoms with Crippen molar-refractivity contribution < 1.29 is 0 Å². The molecule has 2 aromatic rings. The van der Waals surface area contributed by atoms with E-state index in [1.54, 1.807) is 7.05 Å². The summed E-state index contributed by atoms with van der Waals surface area (Å²) in [6, 6.07) is 17.0. The number of amidine groups is 2. The van der Waals surface area contributed by atoms with Crippen LogP contribution in [0.5, 0.6) is 0 Å². The molecule has 1 unspecified atom stereocenters. The molecule has 0 bridgehead atoms. The molecule has 28 heavy (non-hydrogen) atoms. The van der Waals surface area contributed by atoms with Gasteiger partial charge in [0.15, 0.2) is 5.84 Å². The molecule has 0 aliphatic rings. The van der Waals surface area contributed by atoms with Gasteiger partial charge < -0.3 is 5.73 Å². The number of hydrogen-bond acceptors (Lipinski definition) is 1. The molecule has 0 heterocycles. The first-order valence-corrected chi connectivity index (χ1v) is 10.6. The average Bonchev–Trinajstić information content (AvgIpc) is 2.73. The Morgan fingerprint density at radius 2 is 1.54 bits per heavy atom. The Hall–Kier alpha value is -2.42. The monoisotopic (exact) mass is 377 g/mol. The molecule has 0 fully saturated rings. The molecule has 1 atom stereocenters. The third-order valence-electron chi connectivity index (χ3n) is 5.22. The molecule has 2 aromatic carbocycles. The van der Waals surface area contributed by atoms with E-state index in [-0.39, 0.29) is 0 Å². The van der Waals surface area contributed by atoms with Crippen LogP contribution >= 0.6 is 0 Å². The van der Waals surface area contributed by atoms with Crippen LogP contribution in [0.4, 0.5) is 0 Å². The molecule has 0 aliphatic heterocycles. The van der Waals surface area contributed by atoms with E-state index in [9.17, 15) is 0 Å². The maximum absolute atomic E-state index is 6.27. The van der Waals surface area contributed by atoms with Gasteiger partial charge in [-0.25, -0.2) is 4.99 Å². The molecule has 0 saturated carbocycles. The van der Waals surface area contributed by atoms with Gasteiger partial charge >= 0.3 is 0 Å². The standard InChI is InChI=1S/C25H35N3/c1-5-7-8-10-20-11-13-23(14-12-20)25(27-4)28-24(26)22-17-15-21(16-18-22)19(3)9-6-2/h11-19H,5-10H2,1-4H3,(H2,26,27,28). The number of unbranched alkanes of at least 4 members (excludes halogenated alkanes) is 2. The van der Waals surface area contributed by atoms with E-state index in [1.165, 1.54) is 43.2 Å². The Morgan fingerprint density at radius 1 is 0.893 bits per heavy atom. The minimum atomic E-state index is 0.502. The molecule has 0 amide bonds. The van der Waals surface area contributed by atoms with Crippen molar-refractivity contribution in [2.24, 2.45) is 15.7 Å². The number of aliphatic imine (C=N–C) groups is 2. The Balaban J connectivity index is 2.10. The number of rotatable bonds is 9. The van der Waals surface area contributed by atoms with Crippen LogP contribution in [0.2, 0.25) is 0 Å². The fourth-order valence-corrected chi connectivity index (χ4v) is 3.40. The van der Waals surface area contributed by atoms with Crippen molar-refractivity contribution in [2.45, 2.75) is 65.2 Å². The zero-order valence-corrected chi connectivity index (χ0v) is 17.9. The molecule has 0 radical (unpaired) electrons. The van der Waals surface area contributed by atoms with Gasteiger partial charge in [-0.2, -0.15) is 0 Å². The maximum Gasteiger partial charge on any atom is 0.156 e. The quantitative estimate of drug-likeness (QED) is 0.320. The highest BCUT2D eigenvalue weighted by molar-refractivity contribution is 6.10. The van der Waals surface area contributed by atoms with Crippen molar-refractivity contribution in [3.8, 4) is 0 Å². The first-order chi connectivity index (χ1) is 13.6. The molecular formula is C25H35N3. The van der Waals surface area contributed by atoms with Crippen LogP contribution < -0.4 is 5.73 Å². The number of nitrogens with two attached hydrogens (primary N) is 1. The summed E-state index contributed by atoms with van der Waals surface area (Å²) in [5.41, 5.74) is 10.9. The van der Waals surface area contributed by atoms with Gasteiger partial charge in [-0.3, -0.25) is 4.99 Å². The van der Waals surface area contributed by atoms with E-state index in [4.69, 9.17) is 5.73 Å². The molecule has 3 nitrogen and oxygen atoms in total. The highest BCUT2D eigenvalue weighted by Crippen LogP contribution is 2.20. The largest absolute Gasteiger partial charge is 0.383 e. The van der Waals surface area contributed by atoms with E-state index in [1.807, 2.05) is 0 Å². The van der Waals surface area contributed by atoms with Crippen LogP contribution in [0.3, 0.4) is 0 Å². The second-order valence-corrected chi connectivity index (χ2v) is 7.51. The summed E-state index contributed by atoms with van der Waals surface area (Å²) in [6.45, 7) is 6.72. The highest BCUT2D eigenvalue weighted by Gasteiger charge is 2.07. The van der Waals surface area contributed by atoms with Gasteiger partial charge in [0.05, 0.1) is 0 Å². The Morgan fingerprint density at radius 3 is 2.11 bits per heavy atom. The van der Waals surface area contributed by atoms with E-state index < -0.39 is 0 Å². The van der Waals surface area contributed by atoms with Gasteiger partial charge in [0.2, 0.25) is 0 Å². The molecule has 2 N–H and O–H groups in total. The van der Waals surface area contributed by atoms with Crippen molar-refractivity contribution in [2.75, 3.05) is 7.05 Å². The summed E-state index contributed by atoms with van der Waals surface area (Å²) in [5, 5.41) is 0. The summed E-state index contributed by atoms with van der Waals surface area (Å²) in [7, 11) is 1.76. The van der Waals surface area contributed by atoms with Crippen LogP contribution in [-0.2, 0) is 6.42 Å². The van der Waals surface area contributed by atoms with E-state index in [2.05, 4.69) is 79.3 Å². The second kappa shape index (κ2) is 11.4. The van der Waals surface area contributed by atoms with Gasteiger partial charge in [0.1, 0.15) is 5.84 Å². The Kier molecular flexibility index (Phi) is 8.93. The number of benzene rings is 2. The smallest absolute Gasteiger partial charge is 0.156 e. The highest BCUT2D eigenvalue weighted by atomic mass is 14.9. The van der Waals surface area contributed by atoms with Crippen molar-refractivity contribution in [1.29, 1.82) is 0 Å². The number of hydrogen-bond donors (Lipinski definition) is 1. The predicted octanol–water partition coefficient (Wildman–Crippen LogP) is 6.10. The Bertz CT molecular complexity index is 770. The topological polar surface area (TPSA) is 50.7 Å². The van der Waals surface area contributed by atoms with Gasteiger partial charge in [-0.1, -0.05) is 88.6 Å². The molecule has 0 aliphatic carbocycles. The molecule has 150 valence electrons.